The van der Waals surface area contributed by atoms with E-state index in [-0.39, 0.29) is 18.3 Å². The minimum Gasteiger partial charge on any atom is -0.462 e. The number of amides is 1. The maximum atomic E-state index is 12.9. The number of esters is 1. The van der Waals surface area contributed by atoms with Crippen LogP contribution in [0.4, 0.5) is 11.4 Å². The van der Waals surface area contributed by atoms with Crippen LogP contribution in [0.2, 0.25) is 0 Å². The van der Waals surface area contributed by atoms with E-state index in [2.05, 4.69) is 15.6 Å². The number of hydrogen-bond acceptors (Lipinski definition) is 5. The van der Waals surface area contributed by atoms with Gasteiger partial charge < -0.3 is 20.4 Å². The number of anilines is 2. The summed E-state index contributed by atoms with van der Waals surface area (Å²) in [7, 11) is 0. The number of aryl methyl sites for hydroxylation is 1. The first-order valence-corrected chi connectivity index (χ1v) is 8.79. The van der Waals surface area contributed by atoms with Crippen LogP contribution >= 0.6 is 0 Å². The van der Waals surface area contributed by atoms with Crippen molar-refractivity contribution in [1.29, 1.82) is 0 Å². The number of aromatic amines is 1. The van der Waals surface area contributed by atoms with Crippen molar-refractivity contribution in [2.45, 2.75) is 40.7 Å². The summed E-state index contributed by atoms with van der Waals surface area (Å²) in [5.74, 6) is -0.775. The van der Waals surface area contributed by atoms with E-state index in [0.717, 1.165) is 0 Å². The second-order valence-corrected chi connectivity index (χ2v) is 6.34. The highest BCUT2D eigenvalue weighted by Gasteiger charge is 2.25. The molecule has 7 nitrogen and oxygen atoms in total. The number of carbonyl (C=O) groups is 3. The first-order valence-electron chi connectivity index (χ1n) is 8.79. The Hall–Kier alpha value is -3.09. The van der Waals surface area contributed by atoms with Crippen molar-refractivity contribution in [3.05, 3.63) is 46.8 Å². The fourth-order valence-electron chi connectivity index (χ4n) is 2.93. The van der Waals surface area contributed by atoms with Crippen LogP contribution in [0.3, 0.4) is 0 Å². The molecular weight excluding hydrogens is 346 g/mol. The van der Waals surface area contributed by atoms with Gasteiger partial charge in [-0.05, 0) is 51.5 Å². The van der Waals surface area contributed by atoms with Crippen molar-refractivity contribution in [3.63, 3.8) is 0 Å². The van der Waals surface area contributed by atoms with E-state index in [1.54, 1.807) is 45.9 Å². The van der Waals surface area contributed by atoms with E-state index in [4.69, 9.17) is 4.74 Å². The summed E-state index contributed by atoms with van der Waals surface area (Å²) in [6.07, 6.45) is 0. The summed E-state index contributed by atoms with van der Waals surface area (Å²) in [5.41, 5.74) is 3.32. The van der Waals surface area contributed by atoms with E-state index in [0.29, 0.717) is 33.9 Å². The Morgan fingerprint density at radius 1 is 1.19 bits per heavy atom. The standard InChI is InChI=1S/C20H25N3O4/c1-6-27-20(26)17-11(2)18(22-12(17)3)19(25)13(4)21-15-8-7-9-16(10-15)23-14(5)24/h7-10,13,21-22H,6H2,1-5H3,(H,23,24)/t13-/m0/s1. The molecule has 0 radical (unpaired) electrons. The average Bonchev–Trinajstić information content (AvgIpc) is 2.88. The van der Waals surface area contributed by atoms with E-state index >= 15 is 0 Å². The van der Waals surface area contributed by atoms with Gasteiger partial charge in [-0.1, -0.05) is 6.07 Å². The Balaban J connectivity index is 2.20. The van der Waals surface area contributed by atoms with Crippen LogP contribution in [-0.4, -0.2) is 35.3 Å². The van der Waals surface area contributed by atoms with Crippen LogP contribution in [0.5, 0.6) is 0 Å². The summed E-state index contributed by atoms with van der Waals surface area (Å²) in [6, 6.07) is 6.58. The Morgan fingerprint density at radius 3 is 2.48 bits per heavy atom. The first kappa shape index (κ1) is 20.2. The summed E-state index contributed by atoms with van der Waals surface area (Å²) in [6.45, 7) is 8.66. The molecular formula is C20H25N3O4. The average molecular weight is 371 g/mol. The van der Waals surface area contributed by atoms with Crippen LogP contribution in [0.25, 0.3) is 0 Å². The zero-order valence-electron chi connectivity index (χ0n) is 16.2. The number of carbonyl (C=O) groups excluding carboxylic acids is 3. The quantitative estimate of drug-likeness (QED) is 0.511. The lowest BCUT2D eigenvalue weighted by Gasteiger charge is -2.15. The predicted molar refractivity (Wildman–Crippen MR) is 104 cm³/mol. The number of aromatic nitrogens is 1. The van der Waals surface area contributed by atoms with Gasteiger partial charge in [-0.2, -0.15) is 0 Å². The number of nitrogens with one attached hydrogen (secondary N) is 3. The van der Waals surface area contributed by atoms with Crippen LogP contribution in [0.1, 0.15) is 52.9 Å². The van der Waals surface area contributed by atoms with Gasteiger partial charge in [0.2, 0.25) is 11.7 Å². The van der Waals surface area contributed by atoms with Crippen molar-refractivity contribution in [3.8, 4) is 0 Å². The molecule has 1 heterocycles. The molecule has 27 heavy (non-hydrogen) atoms. The van der Waals surface area contributed by atoms with E-state index in [1.807, 2.05) is 6.07 Å². The summed E-state index contributed by atoms with van der Waals surface area (Å²) in [4.78, 5) is 39.2. The molecule has 144 valence electrons. The number of rotatable bonds is 7. The molecule has 2 aromatic rings. The van der Waals surface area contributed by atoms with E-state index in [1.165, 1.54) is 6.92 Å². The molecule has 0 saturated carbocycles. The number of ether oxygens (including phenoxy) is 1. The summed E-state index contributed by atoms with van der Waals surface area (Å²) >= 11 is 0. The molecule has 0 aliphatic heterocycles. The summed E-state index contributed by atoms with van der Waals surface area (Å²) in [5, 5.41) is 5.83. The van der Waals surface area contributed by atoms with Crippen molar-refractivity contribution >= 4 is 29.0 Å². The normalized spacial score (nSPS) is 11.6. The molecule has 1 atom stereocenters. The van der Waals surface area contributed by atoms with Crippen LogP contribution in [0, 0.1) is 13.8 Å². The maximum absolute atomic E-state index is 12.9. The predicted octanol–water partition coefficient (Wildman–Crippen LogP) is 3.45. The third-order valence-electron chi connectivity index (χ3n) is 4.12. The highest BCUT2D eigenvalue weighted by molar-refractivity contribution is 6.04. The monoisotopic (exact) mass is 371 g/mol. The topological polar surface area (TPSA) is 100 Å². The third-order valence-corrected chi connectivity index (χ3v) is 4.12. The Bertz CT molecular complexity index is 870. The van der Waals surface area contributed by atoms with Gasteiger partial charge in [0.25, 0.3) is 0 Å². The third kappa shape index (κ3) is 4.75. The van der Waals surface area contributed by atoms with Gasteiger partial charge >= 0.3 is 5.97 Å². The lowest BCUT2D eigenvalue weighted by molar-refractivity contribution is -0.114. The van der Waals surface area contributed by atoms with Gasteiger partial charge in [0.1, 0.15) is 0 Å². The van der Waals surface area contributed by atoms with Crippen molar-refractivity contribution < 1.29 is 19.1 Å². The molecule has 0 bridgehead atoms. The van der Waals surface area contributed by atoms with Crippen molar-refractivity contribution in [1.82, 2.24) is 4.98 Å². The smallest absolute Gasteiger partial charge is 0.340 e. The molecule has 0 saturated heterocycles. The molecule has 2 rings (SSSR count). The van der Waals surface area contributed by atoms with Gasteiger partial charge in [0.15, 0.2) is 0 Å². The number of H-pyrrole nitrogens is 1. The zero-order valence-corrected chi connectivity index (χ0v) is 16.2. The molecule has 1 aromatic heterocycles. The van der Waals surface area contributed by atoms with Gasteiger partial charge in [-0.3, -0.25) is 9.59 Å². The molecule has 7 heteroatoms. The molecule has 0 fully saturated rings. The molecule has 0 aliphatic carbocycles. The number of benzene rings is 1. The molecule has 1 aromatic carbocycles. The Kier molecular flexibility index (Phi) is 6.39. The van der Waals surface area contributed by atoms with Crippen molar-refractivity contribution in [2.75, 3.05) is 17.2 Å². The Labute approximate surface area is 158 Å². The van der Waals surface area contributed by atoms with Crippen LogP contribution in [0.15, 0.2) is 24.3 Å². The van der Waals surface area contributed by atoms with E-state index in [9.17, 15) is 14.4 Å². The highest BCUT2D eigenvalue weighted by atomic mass is 16.5. The minimum atomic E-state index is -0.538. The fraction of sp³-hybridized carbons (Fsp3) is 0.350. The largest absolute Gasteiger partial charge is 0.462 e. The van der Waals surface area contributed by atoms with E-state index < -0.39 is 12.0 Å². The number of ketones is 1. The minimum absolute atomic E-state index is 0.166. The summed E-state index contributed by atoms with van der Waals surface area (Å²) < 4.78 is 5.06. The fourth-order valence-corrected chi connectivity index (χ4v) is 2.93. The molecule has 1 amide bonds. The highest BCUT2D eigenvalue weighted by Crippen LogP contribution is 2.22. The molecule has 0 aliphatic rings. The van der Waals surface area contributed by atoms with Gasteiger partial charge in [-0.25, -0.2) is 4.79 Å². The lowest BCUT2D eigenvalue weighted by atomic mass is 10.0. The van der Waals surface area contributed by atoms with Gasteiger partial charge in [0.05, 0.1) is 23.9 Å². The van der Waals surface area contributed by atoms with Crippen molar-refractivity contribution in [2.24, 2.45) is 0 Å². The van der Waals surface area contributed by atoms with Crippen LogP contribution < -0.4 is 10.6 Å². The number of Topliss-reactive ketones (excluding diaryl/α,β-unsaturated/α-hetero) is 1. The second-order valence-electron chi connectivity index (χ2n) is 6.34. The molecule has 3 N–H and O–H groups in total. The SMILES string of the molecule is CCOC(=O)c1c(C)[nH]c(C(=O)[C@H](C)Nc2cccc(NC(C)=O)c2)c1C. The Morgan fingerprint density at radius 2 is 1.85 bits per heavy atom. The van der Waals surface area contributed by atoms with Gasteiger partial charge in [-0.15, -0.1) is 0 Å². The lowest BCUT2D eigenvalue weighted by Crippen LogP contribution is -2.27. The first-order chi connectivity index (χ1) is 12.7. The molecule has 0 spiro atoms. The van der Waals surface area contributed by atoms with Gasteiger partial charge in [0, 0.05) is 24.0 Å². The maximum Gasteiger partial charge on any atom is 0.340 e. The zero-order chi connectivity index (χ0) is 20.1. The second kappa shape index (κ2) is 8.53. The van der Waals surface area contributed by atoms with Crippen LogP contribution in [-0.2, 0) is 9.53 Å². The molecule has 0 unspecified atom stereocenters. The number of hydrogen-bond donors (Lipinski definition) is 3.